The van der Waals surface area contributed by atoms with Crippen LogP contribution in [0.25, 0.3) is 0 Å². The van der Waals surface area contributed by atoms with Gasteiger partial charge in [0.05, 0.1) is 19.8 Å². The van der Waals surface area contributed by atoms with Gasteiger partial charge in [0.2, 0.25) is 0 Å². The van der Waals surface area contributed by atoms with Crippen molar-refractivity contribution in [1.29, 1.82) is 0 Å². The summed E-state index contributed by atoms with van der Waals surface area (Å²) in [6, 6.07) is 0. The molecule has 2 fully saturated rings. The first-order valence-corrected chi connectivity index (χ1v) is 4.47. The number of hydrogen-bond acceptors (Lipinski definition) is 3. The summed E-state index contributed by atoms with van der Waals surface area (Å²) in [6.45, 7) is 5.44. The van der Waals surface area contributed by atoms with Crippen molar-refractivity contribution in [3.63, 3.8) is 0 Å². The Morgan fingerprint density at radius 3 is 2.83 bits per heavy atom. The predicted molar refractivity (Wildman–Crippen MR) is 43.6 cm³/mol. The molecule has 0 bridgehead atoms. The Labute approximate surface area is 72.7 Å². The third-order valence-electron chi connectivity index (χ3n) is 3.01. The van der Waals surface area contributed by atoms with Crippen molar-refractivity contribution in [2.45, 2.75) is 26.1 Å². The lowest BCUT2D eigenvalue weighted by atomic mass is 10.1. The van der Waals surface area contributed by atoms with E-state index in [-0.39, 0.29) is 12.0 Å². The Morgan fingerprint density at radius 1 is 1.42 bits per heavy atom. The van der Waals surface area contributed by atoms with Crippen LogP contribution in [0.15, 0.2) is 0 Å². The average Bonchev–Trinajstić information content (AvgIpc) is 2.73. The third kappa shape index (κ3) is 1.26. The Morgan fingerprint density at radius 2 is 2.17 bits per heavy atom. The van der Waals surface area contributed by atoms with E-state index in [2.05, 4.69) is 0 Å². The van der Waals surface area contributed by atoms with Crippen LogP contribution in [0.5, 0.6) is 0 Å². The number of aliphatic hydroxyl groups excluding tert-OH is 1. The van der Waals surface area contributed by atoms with Crippen molar-refractivity contribution >= 4 is 0 Å². The maximum atomic E-state index is 9.15. The molecule has 1 saturated carbocycles. The van der Waals surface area contributed by atoms with Gasteiger partial charge in [0.25, 0.3) is 0 Å². The van der Waals surface area contributed by atoms with Crippen LogP contribution in [-0.4, -0.2) is 30.7 Å². The molecule has 0 aromatic heterocycles. The fourth-order valence-electron chi connectivity index (χ4n) is 1.74. The molecule has 2 rings (SSSR count). The van der Waals surface area contributed by atoms with Gasteiger partial charge in [0.1, 0.15) is 0 Å². The minimum Gasteiger partial charge on any atom is -0.396 e. The van der Waals surface area contributed by atoms with Crippen LogP contribution in [-0.2, 0) is 9.47 Å². The highest BCUT2D eigenvalue weighted by Gasteiger charge is 2.56. The fourth-order valence-corrected chi connectivity index (χ4v) is 1.74. The monoisotopic (exact) mass is 172 g/mol. The molecule has 3 heteroatoms. The van der Waals surface area contributed by atoms with Gasteiger partial charge in [-0.2, -0.15) is 0 Å². The van der Waals surface area contributed by atoms with Crippen LogP contribution < -0.4 is 0 Å². The van der Waals surface area contributed by atoms with Gasteiger partial charge in [-0.15, -0.1) is 0 Å². The second kappa shape index (κ2) is 2.44. The van der Waals surface area contributed by atoms with Gasteiger partial charge < -0.3 is 14.6 Å². The zero-order valence-corrected chi connectivity index (χ0v) is 7.67. The quantitative estimate of drug-likeness (QED) is 0.635. The van der Waals surface area contributed by atoms with E-state index in [0.29, 0.717) is 12.5 Å². The summed E-state index contributed by atoms with van der Waals surface area (Å²) < 4.78 is 11.1. The highest BCUT2D eigenvalue weighted by Crippen LogP contribution is 2.54. The smallest absolute Gasteiger partial charge is 0.162 e. The molecule has 1 saturated heterocycles. The molecule has 0 spiro atoms. The van der Waals surface area contributed by atoms with Crippen LogP contribution in [0.3, 0.4) is 0 Å². The van der Waals surface area contributed by atoms with Gasteiger partial charge in [-0.3, -0.25) is 0 Å². The molecule has 12 heavy (non-hydrogen) atoms. The van der Waals surface area contributed by atoms with Crippen LogP contribution in [0.1, 0.15) is 20.3 Å². The molecule has 1 aliphatic heterocycles. The molecule has 70 valence electrons. The van der Waals surface area contributed by atoms with E-state index < -0.39 is 5.79 Å². The minimum absolute atomic E-state index is 0.0355. The lowest BCUT2D eigenvalue weighted by Crippen LogP contribution is -2.29. The van der Waals surface area contributed by atoms with E-state index in [4.69, 9.17) is 14.6 Å². The van der Waals surface area contributed by atoms with E-state index in [1.165, 1.54) is 0 Å². The van der Waals surface area contributed by atoms with Gasteiger partial charge >= 0.3 is 0 Å². The highest BCUT2D eigenvalue weighted by molar-refractivity contribution is 5.03. The first kappa shape index (κ1) is 8.48. The lowest BCUT2D eigenvalue weighted by Gasteiger charge is -2.24. The van der Waals surface area contributed by atoms with Crippen LogP contribution in [0.2, 0.25) is 0 Å². The summed E-state index contributed by atoms with van der Waals surface area (Å²) >= 11 is 0. The topological polar surface area (TPSA) is 38.7 Å². The van der Waals surface area contributed by atoms with Crippen LogP contribution >= 0.6 is 0 Å². The standard InChI is InChI=1S/C9H16O3/c1-8(2)11-4-7-3-9(7,5-10)6-12-8/h7,10H,3-6H2,1-2H3/t7-,9-/m0/s1. The normalized spacial score (nSPS) is 44.8. The Hall–Kier alpha value is -0.120. The molecule has 2 aliphatic rings. The molecule has 2 atom stereocenters. The molecule has 0 aromatic carbocycles. The lowest BCUT2D eigenvalue weighted by molar-refractivity contribution is -0.209. The number of aliphatic hydroxyl groups is 1. The zero-order valence-electron chi connectivity index (χ0n) is 7.67. The van der Waals surface area contributed by atoms with Crippen molar-refractivity contribution in [3.8, 4) is 0 Å². The Balaban J connectivity index is 2.02. The maximum absolute atomic E-state index is 9.15. The molecule has 0 radical (unpaired) electrons. The van der Waals surface area contributed by atoms with E-state index in [1.807, 2.05) is 13.8 Å². The van der Waals surface area contributed by atoms with Crippen LogP contribution in [0.4, 0.5) is 0 Å². The van der Waals surface area contributed by atoms with E-state index in [0.717, 1.165) is 13.0 Å². The van der Waals surface area contributed by atoms with Gasteiger partial charge in [0, 0.05) is 5.41 Å². The van der Waals surface area contributed by atoms with E-state index >= 15 is 0 Å². The average molecular weight is 172 g/mol. The first-order valence-electron chi connectivity index (χ1n) is 4.47. The molecular weight excluding hydrogens is 156 g/mol. The Kier molecular flexibility index (Phi) is 1.72. The van der Waals surface area contributed by atoms with Crippen LogP contribution in [0, 0.1) is 11.3 Å². The van der Waals surface area contributed by atoms with Gasteiger partial charge in [-0.25, -0.2) is 0 Å². The molecule has 1 N–H and O–H groups in total. The minimum atomic E-state index is -0.463. The van der Waals surface area contributed by atoms with Crippen molar-refractivity contribution in [3.05, 3.63) is 0 Å². The van der Waals surface area contributed by atoms with Crippen molar-refractivity contribution < 1.29 is 14.6 Å². The van der Waals surface area contributed by atoms with Crippen molar-refractivity contribution in [1.82, 2.24) is 0 Å². The van der Waals surface area contributed by atoms with Crippen molar-refractivity contribution in [2.24, 2.45) is 11.3 Å². The molecule has 1 heterocycles. The summed E-state index contributed by atoms with van der Waals surface area (Å²) in [4.78, 5) is 0. The SMILES string of the molecule is CC1(C)OC[C@@H]2C[C@]2(CO)CO1. The van der Waals surface area contributed by atoms with Gasteiger partial charge in [0.15, 0.2) is 5.79 Å². The van der Waals surface area contributed by atoms with Crippen molar-refractivity contribution in [2.75, 3.05) is 19.8 Å². The maximum Gasteiger partial charge on any atom is 0.162 e. The van der Waals surface area contributed by atoms with E-state index in [9.17, 15) is 0 Å². The number of hydrogen-bond donors (Lipinski definition) is 1. The molecule has 1 aliphatic carbocycles. The second-order valence-corrected chi connectivity index (χ2v) is 4.42. The van der Waals surface area contributed by atoms with Gasteiger partial charge in [-0.05, 0) is 26.2 Å². The summed E-state index contributed by atoms with van der Waals surface area (Å²) in [6.07, 6.45) is 1.06. The third-order valence-corrected chi connectivity index (χ3v) is 3.01. The fraction of sp³-hybridized carbons (Fsp3) is 1.00. The molecule has 3 nitrogen and oxygen atoms in total. The zero-order chi connectivity index (χ0) is 8.82. The number of fused-ring (bicyclic) bond motifs is 1. The Bertz CT molecular complexity index is 190. The molecular formula is C9H16O3. The molecule has 0 aromatic rings. The predicted octanol–water partition coefficient (Wildman–Crippen LogP) is 0.768. The van der Waals surface area contributed by atoms with Gasteiger partial charge in [-0.1, -0.05) is 0 Å². The molecule has 0 unspecified atom stereocenters. The first-order chi connectivity index (χ1) is 5.58. The van der Waals surface area contributed by atoms with E-state index in [1.54, 1.807) is 0 Å². The molecule has 0 amide bonds. The number of ether oxygens (including phenoxy) is 2. The highest BCUT2D eigenvalue weighted by atomic mass is 16.7. The second-order valence-electron chi connectivity index (χ2n) is 4.42. The summed E-state index contributed by atoms with van der Waals surface area (Å²) in [7, 11) is 0. The summed E-state index contributed by atoms with van der Waals surface area (Å²) in [5.41, 5.74) is 0.0355. The largest absolute Gasteiger partial charge is 0.396 e. The summed E-state index contributed by atoms with van der Waals surface area (Å²) in [5.74, 6) is 0.0551. The summed E-state index contributed by atoms with van der Waals surface area (Å²) in [5, 5.41) is 9.15. The number of rotatable bonds is 1.